The number of primary amides is 1. The highest BCUT2D eigenvalue weighted by Crippen LogP contribution is 2.38. The molecule has 2 aromatic carbocycles. The van der Waals surface area contributed by atoms with Gasteiger partial charge in [-0.2, -0.15) is 5.10 Å². The minimum absolute atomic E-state index is 0.322. The molecule has 0 bridgehead atoms. The molecule has 0 aliphatic heterocycles. The molecule has 11 heteroatoms. The predicted molar refractivity (Wildman–Crippen MR) is 82.4 cm³/mol. The van der Waals surface area contributed by atoms with Crippen LogP contribution in [0.5, 0.6) is 5.75 Å². The molecule has 1 amide bonds. The normalized spacial score (nSPS) is 11.4. The van der Waals surface area contributed by atoms with E-state index in [1.807, 2.05) is 0 Å². The average molecular weight is 384 g/mol. The molecule has 0 saturated carbocycles. The van der Waals surface area contributed by atoms with E-state index in [4.69, 9.17) is 5.73 Å². The van der Waals surface area contributed by atoms with Gasteiger partial charge in [0.25, 0.3) is 5.91 Å². The number of halogens is 5. The zero-order valence-corrected chi connectivity index (χ0v) is 13.1. The van der Waals surface area contributed by atoms with Gasteiger partial charge in [0, 0.05) is 5.56 Å². The molecule has 3 N–H and O–H groups in total. The number of hydrogen-bond donors (Lipinski definition) is 2. The van der Waals surface area contributed by atoms with Crippen molar-refractivity contribution in [2.45, 2.75) is 6.36 Å². The van der Waals surface area contributed by atoms with Gasteiger partial charge < -0.3 is 10.5 Å². The number of alkyl halides is 3. The van der Waals surface area contributed by atoms with Gasteiger partial charge in [-0.3, -0.25) is 9.89 Å². The molecule has 3 aromatic rings. The zero-order valence-electron chi connectivity index (χ0n) is 13.1. The smallest absolute Gasteiger partial charge is 0.405 e. The number of aromatic amines is 1. The third-order valence-electron chi connectivity index (χ3n) is 3.43. The van der Waals surface area contributed by atoms with Crippen LogP contribution in [0.4, 0.5) is 22.0 Å². The van der Waals surface area contributed by atoms with Crippen LogP contribution in [-0.2, 0) is 0 Å². The molecule has 0 fully saturated rings. The maximum atomic E-state index is 14.9. The molecule has 140 valence electrons. The van der Waals surface area contributed by atoms with E-state index in [9.17, 15) is 26.7 Å². The van der Waals surface area contributed by atoms with E-state index >= 15 is 0 Å². The molecule has 1 heterocycles. The van der Waals surface area contributed by atoms with Crippen LogP contribution in [-0.4, -0.2) is 27.5 Å². The third-order valence-corrected chi connectivity index (χ3v) is 3.43. The van der Waals surface area contributed by atoms with Gasteiger partial charge in [-0.15, -0.1) is 13.2 Å². The summed E-state index contributed by atoms with van der Waals surface area (Å²) < 4.78 is 70.8. The van der Waals surface area contributed by atoms with E-state index in [1.165, 1.54) is 12.1 Å². The molecule has 1 aromatic heterocycles. The summed E-state index contributed by atoms with van der Waals surface area (Å²) in [4.78, 5) is 14.7. The number of carbonyl (C=O) groups excluding carboxylic acids is 1. The monoisotopic (exact) mass is 384 g/mol. The number of rotatable bonds is 4. The van der Waals surface area contributed by atoms with Gasteiger partial charge in [0.2, 0.25) is 5.82 Å². The number of nitrogens with one attached hydrogen (secondary N) is 1. The largest absolute Gasteiger partial charge is 0.573 e. The molecule has 0 saturated heterocycles. The summed E-state index contributed by atoms with van der Waals surface area (Å²) in [6, 6.07) is 6.32. The zero-order chi connectivity index (χ0) is 19.8. The molecule has 0 radical (unpaired) electrons. The van der Waals surface area contributed by atoms with Gasteiger partial charge in [0.15, 0.2) is 5.82 Å². The minimum Gasteiger partial charge on any atom is -0.405 e. The number of nitrogens with two attached hydrogens (primary N) is 1. The van der Waals surface area contributed by atoms with Crippen LogP contribution in [0.1, 0.15) is 10.6 Å². The number of ether oxygens (including phenoxy) is 1. The molecule has 0 aliphatic rings. The lowest BCUT2D eigenvalue weighted by Gasteiger charge is -2.15. The molecule has 6 nitrogen and oxygen atoms in total. The fourth-order valence-electron chi connectivity index (χ4n) is 2.35. The molecule has 0 unspecified atom stereocenters. The van der Waals surface area contributed by atoms with E-state index < -0.39 is 40.8 Å². The van der Waals surface area contributed by atoms with Crippen molar-refractivity contribution in [3.8, 4) is 28.3 Å². The number of benzene rings is 2. The van der Waals surface area contributed by atoms with Gasteiger partial charge >= 0.3 is 6.36 Å². The lowest BCUT2D eigenvalue weighted by molar-refractivity contribution is -0.274. The number of H-pyrrole nitrogens is 1. The number of carbonyl (C=O) groups is 1. The van der Waals surface area contributed by atoms with Crippen LogP contribution in [0.15, 0.2) is 36.4 Å². The highest BCUT2D eigenvalue weighted by Gasteiger charge is 2.33. The molecule has 0 aliphatic carbocycles. The summed E-state index contributed by atoms with van der Waals surface area (Å²) in [7, 11) is 0. The topological polar surface area (TPSA) is 93.9 Å². The van der Waals surface area contributed by atoms with Crippen molar-refractivity contribution in [3.63, 3.8) is 0 Å². The van der Waals surface area contributed by atoms with Crippen molar-refractivity contribution in [1.82, 2.24) is 15.2 Å². The van der Waals surface area contributed by atoms with Crippen molar-refractivity contribution >= 4 is 5.91 Å². The lowest BCUT2D eigenvalue weighted by atomic mass is 10.00. The number of nitrogens with zero attached hydrogens (tertiary/aromatic N) is 2. The highest BCUT2D eigenvalue weighted by molar-refractivity contribution is 5.89. The van der Waals surface area contributed by atoms with Crippen LogP contribution >= 0.6 is 0 Å². The Balaban J connectivity index is 2.16. The van der Waals surface area contributed by atoms with Crippen molar-refractivity contribution < 1.29 is 31.5 Å². The standard InChI is InChI=1S/C16H9F5N4O2/c17-9-6-5-8(14-23-15(13(22)26)25-24-14)12(18)11(9)7-3-1-2-4-10(7)27-16(19,20)21/h1-6H,(H2,22,26)(H,23,24,25). The van der Waals surface area contributed by atoms with Crippen molar-refractivity contribution in [3.05, 3.63) is 53.9 Å². The Labute approximate surface area is 147 Å². The second kappa shape index (κ2) is 6.67. The van der Waals surface area contributed by atoms with Crippen LogP contribution < -0.4 is 10.5 Å². The molecule has 27 heavy (non-hydrogen) atoms. The Kier molecular flexibility index (Phi) is 4.52. The molecule has 0 atom stereocenters. The van der Waals surface area contributed by atoms with E-state index in [2.05, 4.69) is 19.9 Å². The fourth-order valence-corrected chi connectivity index (χ4v) is 2.35. The molecule has 3 rings (SSSR count). The summed E-state index contributed by atoms with van der Waals surface area (Å²) in [5, 5.41) is 5.78. The third kappa shape index (κ3) is 3.71. The molecular formula is C16H9F5N4O2. The maximum Gasteiger partial charge on any atom is 0.573 e. The Hall–Kier alpha value is -3.50. The first kappa shape index (κ1) is 18.3. The summed E-state index contributed by atoms with van der Waals surface area (Å²) in [6.45, 7) is 0. The molecular weight excluding hydrogens is 375 g/mol. The second-order valence-corrected chi connectivity index (χ2v) is 5.20. The van der Waals surface area contributed by atoms with Crippen LogP contribution in [0.3, 0.4) is 0 Å². The first-order chi connectivity index (χ1) is 12.7. The number of para-hydroxylation sites is 1. The summed E-state index contributed by atoms with van der Waals surface area (Å²) in [5.74, 6) is -4.79. The Morgan fingerprint density at radius 2 is 1.78 bits per heavy atom. The second-order valence-electron chi connectivity index (χ2n) is 5.20. The van der Waals surface area contributed by atoms with Crippen molar-refractivity contribution in [2.75, 3.05) is 0 Å². The Bertz CT molecular complexity index is 1020. The van der Waals surface area contributed by atoms with E-state index in [1.54, 1.807) is 0 Å². The van der Waals surface area contributed by atoms with Gasteiger partial charge in [-0.1, -0.05) is 18.2 Å². The van der Waals surface area contributed by atoms with Crippen molar-refractivity contribution in [2.24, 2.45) is 5.73 Å². The number of aromatic nitrogens is 3. The van der Waals surface area contributed by atoms with Crippen LogP contribution in [0, 0.1) is 11.6 Å². The van der Waals surface area contributed by atoms with E-state index in [-0.39, 0.29) is 17.2 Å². The maximum absolute atomic E-state index is 14.9. The quantitative estimate of drug-likeness (QED) is 0.674. The lowest BCUT2D eigenvalue weighted by Crippen LogP contribution is -2.17. The van der Waals surface area contributed by atoms with Gasteiger partial charge in [0.05, 0.1) is 11.1 Å². The molecule has 0 spiro atoms. The number of hydrogen-bond acceptors (Lipinski definition) is 4. The minimum atomic E-state index is -5.05. The Morgan fingerprint density at radius 3 is 2.41 bits per heavy atom. The Morgan fingerprint density at radius 1 is 1.07 bits per heavy atom. The summed E-state index contributed by atoms with van der Waals surface area (Å²) in [6.07, 6.45) is -5.05. The van der Waals surface area contributed by atoms with Crippen LogP contribution in [0.2, 0.25) is 0 Å². The summed E-state index contributed by atoms with van der Waals surface area (Å²) >= 11 is 0. The first-order valence-electron chi connectivity index (χ1n) is 7.23. The predicted octanol–water partition coefficient (Wildman–Crippen LogP) is 3.41. The SMILES string of the molecule is NC(=O)c1nc(-c2ccc(F)c(-c3ccccc3OC(F)(F)F)c2F)n[nH]1. The average Bonchev–Trinajstić information content (AvgIpc) is 3.05. The van der Waals surface area contributed by atoms with Crippen LogP contribution in [0.25, 0.3) is 22.5 Å². The van der Waals surface area contributed by atoms with Gasteiger partial charge in [-0.05, 0) is 18.2 Å². The summed E-state index contributed by atoms with van der Waals surface area (Å²) in [5.41, 5.74) is 3.44. The van der Waals surface area contributed by atoms with Gasteiger partial charge in [-0.25, -0.2) is 13.8 Å². The highest BCUT2D eigenvalue weighted by atomic mass is 19.4. The van der Waals surface area contributed by atoms with Gasteiger partial charge in [0.1, 0.15) is 17.4 Å². The van der Waals surface area contributed by atoms with Crippen molar-refractivity contribution in [1.29, 1.82) is 0 Å². The van der Waals surface area contributed by atoms with E-state index in [0.717, 1.165) is 24.3 Å². The first-order valence-corrected chi connectivity index (χ1v) is 7.23. The fraction of sp³-hybridized carbons (Fsp3) is 0.0625. The number of amides is 1. The van der Waals surface area contributed by atoms with E-state index in [0.29, 0.717) is 0 Å².